The lowest BCUT2D eigenvalue weighted by Gasteiger charge is -2.27. The van der Waals surface area contributed by atoms with Crippen LogP contribution in [0.1, 0.15) is 53.7 Å². The average molecular weight is 426 g/mol. The molecule has 1 aromatic heterocycles. The lowest BCUT2D eigenvalue weighted by molar-refractivity contribution is -0.113. The number of nitrogens with zero attached hydrogens (tertiary/aromatic N) is 2. The van der Waals surface area contributed by atoms with Crippen LogP contribution in [-0.2, 0) is 4.79 Å². The van der Waals surface area contributed by atoms with E-state index in [9.17, 15) is 4.79 Å². The molecule has 1 N–H and O–H groups in total. The summed E-state index contributed by atoms with van der Waals surface area (Å²) < 4.78 is 0. The molecule has 2 aliphatic rings. The zero-order chi connectivity index (χ0) is 20.4. The minimum absolute atomic E-state index is 0.00266. The third-order valence-corrected chi connectivity index (χ3v) is 7.36. The van der Waals surface area contributed by atoms with Gasteiger partial charge >= 0.3 is 0 Å². The number of hydrogen-bond donors (Lipinski definition) is 1. The molecule has 4 nitrogen and oxygen atoms in total. The average Bonchev–Trinajstić information content (AvgIpc) is 3.32. The molecule has 0 atom stereocenters. The molecule has 6 heteroatoms. The molecule has 1 spiro atoms. The molecule has 1 aromatic carbocycles. The van der Waals surface area contributed by atoms with Crippen LogP contribution in [0.4, 0.5) is 5.69 Å². The Hall–Kier alpha value is -1.92. The molecular formula is C23H27N3OS2. The number of anilines is 1. The summed E-state index contributed by atoms with van der Waals surface area (Å²) in [5.41, 5.74) is 5.01. The van der Waals surface area contributed by atoms with Gasteiger partial charge in [0.1, 0.15) is 10.8 Å². The van der Waals surface area contributed by atoms with Gasteiger partial charge in [-0.25, -0.2) is 4.99 Å². The van der Waals surface area contributed by atoms with Gasteiger partial charge in [-0.2, -0.15) is 0 Å². The van der Waals surface area contributed by atoms with Crippen LogP contribution in [-0.4, -0.2) is 28.1 Å². The van der Waals surface area contributed by atoms with Gasteiger partial charge in [0.2, 0.25) is 5.91 Å². The van der Waals surface area contributed by atoms with Crippen LogP contribution >= 0.6 is 23.1 Å². The number of rotatable bonds is 4. The predicted octanol–water partition coefficient (Wildman–Crippen LogP) is 5.91. The van der Waals surface area contributed by atoms with E-state index < -0.39 is 0 Å². The van der Waals surface area contributed by atoms with Gasteiger partial charge in [0.05, 0.1) is 10.6 Å². The van der Waals surface area contributed by atoms with Gasteiger partial charge in [-0.05, 0) is 69.0 Å². The van der Waals surface area contributed by atoms with E-state index in [1.54, 1.807) is 11.3 Å². The Kier molecular flexibility index (Phi) is 5.93. The summed E-state index contributed by atoms with van der Waals surface area (Å²) in [5.74, 6) is 0.342. The van der Waals surface area contributed by atoms with Crippen LogP contribution in [0.2, 0.25) is 0 Å². The van der Waals surface area contributed by atoms with Crippen molar-refractivity contribution in [3.63, 3.8) is 0 Å². The number of thioether (sulfide) groups is 1. The Morgan fingerprint density at radius 2 is 1.86 bits per heavy atom. The molecule has 0 radical (unpaired) electrons. The van der Waals surface area contributed by atoms with E-state index in [1.807, 2.05) is 19.9 Å². The largest absolute Gasteiger partial charge is 0.325 e. The van der Waals surface area contributed by atoms with Crippen LogP contribution < -0.4 is 5.32 Å². The fourth-order valence-corrected chi connectivity index (χ4v) is 5.87. The Bertz CT molecular complexity index is 947. The Morgan fingerprint density at radius 1 is 1.14 bits per heavy atom. The minimum atomic E-state index is -0.291. The standard InChI is InChI=1S/C23H27N3OS2/c1-15-12-16(2)20(17(3)13-15)24-19(27)14-29-22-21(18-8-7-11-28-18)25-23(26-22)9-5-4-6-10-23/h7-8,11-13H,4-6,9-10,14H2,1-3H3,(H,24,27). The number of aryl methyl sites for hydroxylation is 3. The third-order valence-electron chi connectivity index (χ3n) is 5.52. The van der Waals surface area contributed by atoms with Gasteiger partial charge in [-0.3, -0.25) is 9.79 Å². The van der Waals surface area contributed by atoms with Crippen LogP contribution in [0.5, 0.6) is 0 Å². The molecule has 1 aliphatic carbocycles. The van der Waals surface area contributed by atoms with Crippen LogP contribution in [0, 0.1) is 20.8 Å². The number of benzene rings is 1. The van der Waals surface area contributed by atoms with Crippen LogP contribution in [0.3, 0.4) is 0 Å². The molecule has 0 saturated heterocycles. The molecule has 2 heterocycles. The van der Waals surface area contributed by atoms with Crippen molar-refractivity contribution in [2.24, 2.45) is 9.98 Å². The molecule has 2 aromatic rings. The summed E-state index contributed by atoms with van der Waals surface area (Å²) in [6, 6.07) is 8.35. The van der Waals surface area contributed by atoms with Crippen molar-refractivity contribution in [3.8, 4) is 0 Å². The van der Waals surface area contributed by atoms with Gasteiger partial charge in [-0.1, -0.05) is 41.9 Å². The smallest absolute Gasteiger partial charge is 0.234 e. The summed E-state index contributed by atoms with van der Waals surface area (Å²) >= 11 is 3.20. The van der Waals surface area contributed by atoms with Crippen molar-refractivity contribution in [1.82, 2.24) is 0 Å². The van der Waals surface area contributed by atoms with E-state index >= 15 is 0 Å². The highest BCUT2D eigenvalue weighted by Gasteiger charge is 2.38. The minimum Gasteiger partial charge on any atom is -0.325 e. The highest BCUT2D eigenvalue weighted by molar-refractivity contribution is 8.16. The number of carbonyl (C=O) groups is 1. The lowest BCUT2D eigenvalue weighted by Crippen LogP contribution is -2.25. The van der Waals surface area contributed by atoms with E-state index in [0.717, 1.165) is 45.3 Å². The molecular weight excluding hydrogens is 398 g/mol. The number of nitrogens with one attached hydrogen (secondary N) is 1. The molecule has 29 heavy (non-hydrogen) atoms. The molecule has 1 amide bonds. The van der Waals surface area contributed by atoms with E-state index in [0.29, 0.717) is 5.75 Å². The maximum Gasteiger partial charge on any atom is 0.234 e. The van der Waals surface area contributed by atoms with E-state index in [4.69, 9.17) is 9.98 Å². The van der Waals surface area contributed by atoms with E-state index in [2.05, 4.69) is 35.8 Å². The predicted molar refractivity (Wildman–Crippen MR) is 126 cm³/mol. The van der Waals surface area contributed by atoms with Crippen molar-refractivity contribution in [2.75, 3.05) is 11.1 Å². The molecule has 1 fully saturated rings. The van der Waals surface area contributed by atoms with Gasteiger partial charge < -0.3 is 5.32 Å². The fraction of sp³-hybridized carbons (Fsp3) is 0.435. The Balaban J connectivity index is 1.48. The number of amides is 1. The zero-order valence-electron chi connectivity index (χ0n) is 17.2. The van der Waals surface area contributed by atoms with Crippen LogP contribution in [0.25, 0.3) is 0 Å². The number of carbonyl (C=O) groups excluding carboxylic acids is 1. The first-order valence-corrected chi connectivity index (χ1v) is 12.1. The molecule has 4 rings (SSSR count). The first-order chi connectivity index (χ1) is 14.0. The van der Waals surface area contributed by atoms with E-state index in [-0.39, 0.29) is 11.6 Å². The summed E-state index contributed by atoms with van der Waals surface area (Å²) in [7, 11) is 0. The summed E-state index contributed by atoms with van der Waals surface area (Å²) in [6.07, 6.45) is 5.64. The summed E-state index contributed by atoms with van der Waals surface area (Å²) in [5, 5.41) is 6.09. The van der Waals surface area contributed by atoms with Crippen molar-refractivity contribution in [2.45, 2.75) is 58.5 Å². The second-order valence-electron chi connectivity index (χ2n) is 8.01. The quantitative estimate of drug-likeness (QED) is 0.662. The number of hydrogen-bond acceptors (Lipinski definition) is 5. The topological polar surface area (TPSA) is 53.8 Å². The molecule has 0 bridgehead atoms. The third kappa shape index (κ3) is 4.48. The lowest BCUT2D eigenvalue weighted by atomic mass is 9.90. The van der Waals surface area contributed by atoms with E-state index in [1.165, 1.54) is 36.6 Å². The summed E-state index contributed by atoms with van der Waals surface area (Å²) in [4.78, 5) is 24.0. The second-order valence-corrected chi connectivity index (χ2v) is 9.92. The van der Waals surface area contributed by atoms with Gasteiger partial charge in [0.15, 0.2) is 5.66 Å². The van der Waals surface area contributed by atoms with Crippen molar-refractivity contribution < 1.29 is 4.79 Å². The number of aliphatic imine (C=N–C) groups is 2. The van der Waals surface area contributed by atoms with Gasteiger partial charge in [0.25, 0.3) is 0 Å². The Morgan fingerprint density at radius 3 is 2.52 bits per heavy atom. The SMILES string of the molecule is Cc1cc(C)c(NC(=O)CSC2=NC3(CCCCC3)N=C2c2cccs2)c(C)c1. The maximum atomic E-state index is 12.7. The van der Waals surface area contributed by atoms with Crippen molar-refractivity contribution in [3.05, 3.63) is 51.2 Å². The second kappa shape index (κ2) is 8.44. The maximum absolute atomic E-state index is 12.7. The zero-order valence-corrected chi connectivity index (χ0v) is 18.9. The number of thiophene rings is 1. The van der Waals surface area contributed by atoms with Crippen molar-refractivity contribution >= 4 is 45.4 Å². The molecule has 0 unspecified atom stereocenters. The highest BCUT2D eigenvalue weighted by Crippen LogP contribution is 2.39. The summed E-state index contributed by atoms with van der Waals surface area (Å²) in [6.45, 7) is 6.16. The first kappa shape index (κ1) is 20.4. The highest BCUT2D eigenvalue weighted by atomic mass is 32.2. The van der Waals surface area contributed by atoms with Crippen LogP contribution in [0.15, 0.2) is 39.6 Å². The molecule has 1 saturated carbocycles. The Labute approximate surface area is 180 Å². The van der Waals surface area contributed by atoms with Crippen molar-refractivity contribution in [1.29, 1.82) is 0 Å². The molecule has 1 aliphatic heterocycles. The van der Waals surface area contributed by atoms with Gasteiger partial charge in [-0.15, -0.1) is 11.3 Å². The van der Waals surface area contributed by atoms with Gasteiger partial charge in [0, 0.05) is 5.69 Å². The first-order valence-electron chi connectivity index (χ1n) is 10.2. The molecule has 152 valence electrons. The fourth-order valence-electron chi connectivity index (χ4n) is 4.23. The monoisotopic (exact) mass is 425 g/mol. The normalized spacial score (nSPS) is 17.9.